The molecule has 2 rings (SSSR count). The summed E-state index contributed by atoms with van der Waals surface area (Å²) < 4.78 is 2.20. The summed E-state index contributed by atoms with van der Waals surface area (Å²) in [6.45, 7) is 3.98. The van der Waals surface area contributed by atoms with Crippen molar-refractivity contribution in [2.75, 3.05) is 19.4 Å². The second-order valence-corrected chi connectivity index (χ2v) is 5.39. The Labute approximate surface area is 126 Å². The minimum atomic E-state index is 0.0211. The zero-order valence-corrected chi connectivity index (χ0v) is 13.0. The first-order chi connectivity index (χ1) is 10.1. The van der Waals surface area contributed by atoms with E-state index in [9.17, 15) is 4.79 Å². The van der Waals surface area contributed by atoms with Crippen molar-refractivity contribution in [2.24, 2.45) is 0 Å². The highest BCUT2D eigenvalue weighted by Crippen LogP contribution is 2.13. The Morgan fingerprint density at radius 1 is 1.29 bits per heavy atom. The Morgan fingerprint density at radius 2 is 2.10 bits per heavy atom. The first-order valence-electron chi connectivity index (χ1n) is 7.30. The average Bonchev–Trinajstić information content (AvgIpc) is 2.92. The van der Waals surface area contributed by atoms with E-state index in [0.29, 0.717) is 5.56 Å². The Bertz CT molecular complexity index is 602. The molecule has 4 nitrogen and oxygen atoms in total. The van der Waals surface area contributed by atoms with Crippen molar-refractivity contribution in [1.29, 1.82) is 0 Å². The number of hydrogen-bond acceptors (Lipinski definition) is 2. The molecule has 0 fully saturated rings. The number of carbonyl (C=O) groups excluding carboxylic acids is 1. The number of rotatable bonds is 6. The zero-order chi connectivity index (χ0) is 15.2. The third kappa shape index (κ3) is 4.12. The maximum Gasteiger partial charge on any atom is 0.253 e. The van der Waals surface area contributed by atoms with E-state index in [1.807, 2.05) is 24.3 Å². The second-order valence-electron chi connectivity index (χ2n) is 5.39. The lowest BCUT2D eigenvalue weighted by Crippen LogP contribution is -2.21. The van der Waals surface area contributed by atoms with E-state index in [0.717, 1.165) is 25.2 Å². The van der Waals surface area contributed by atoms with Crippen molar-refractivity contribution in [2.45, 2.75) is 26.4 Å². The summed E-state index contributed by atoms with van der Waals surface area (Å²) in [5.74, 6) is 0.0211. The van der Waals surface area contributed by atoms with Gasteiger partial charge in [0.1, 0.15) is 0 Å². The minimum Gasteiger partial charge on any atom is -0.381 e. The zero-order valence-electron chi connectivity index (χ0n) is 13.0. The fourth-order valence-corrected chi connectivity index (χ4v) is 2.22. The van der Waals surface area contributed by atoms with E-state index in [1.54, 1.807) is 19.0 Å². The molecule has 0 bridgehead atoms. The maximum absolute atomic E-state index is 11.9. The lowest BCUT2D eigenvalue weighted by Gasteiger charge is -2.12. The van der Waals surface area contributed by atoms with Crippen LogP contribution in [0.25, 0.3) is 0 Å². The quantitative estimate of drug-likeness (QED) is 0.885. The van der Waals surface area contributed by atoms with E-state index in [1.165, 1.54) is 5.56 Å². The van der Waals surface area contributed by atoms with Gasteiger partial charge in [-0.1, -0.05) is 13.0 Å². The third-order valence-electron chi connectivity index (χ3n) is 3.31. The van der Waals surface area contributed by atoms with Gasteiger partial charge in [-0.05, 0) is 36.2 Å². The van der Waals surface area contributed by atoms with Gasteiger partial charge in [-0.3, -0.25) is 4.79 Å². The number of benzene rings is 1. The standard InChI is InChI=1S/C17H23N3O/c1-4-9-20-10-8-14(13-20)12-18-16-7-5-6-15(11-16)17(21)19(2)3/h5-8,10-11,13,18H,4,9,12H2,1-3H3. The molecule has 1 amide bonds. The molecule has 0 radical (unpaired) electrons. The topological polar surface area (TPSA) is 37.3 Å². The molecule has 0 aliphatic heterocycles. The summed E-state index contributed by atoms with van der Waals surface area (Å²) in [6, 6.07) is 9.74. The van der Waals surface area contributed by atoms with Crippen molar-refractivity contribution in [3.63, 3.8) is 0 Å². The third-order valence-corrected chi connectivity index (χ3v) is 3.31. The van der Waals surface area contributed by atoms with Crippen LogP contribution >= 0.6 is 0 Å². The number of carbonyl (C=O) groups is 1. The predicted molar refractivity (Wildman–Crippen MR) is 86.5 cm³/mol. The van der Waals surface area contributed by atoms with Gasteiger partial charge < -0.3 is 14.8 Å². The van der Waals surface area contributed by atoms with E-state index >= 15 is 0 Å². The molecule has 4 heteroatoms. The molecule has 0 saturated carbocycles. The molecule has 21 heavy (non-hydrogen) atoms. The summed E-state index contributed by atoms with van der Waals surface area (Å²) in [6.07, 6.45) is 5.40. The van der Waals surface area contributed by atoms with Gasteiger partial charge in [-0.25, -0.2) is 0 Å². The normalized spacial score (nSPS) is 10.4. The molecule has 1 aromatic carbocycles. The summed E-state index contributed by atoms with van der Waals surface area (Å²) in [4.78, 5) is 13.5. The van der Waals surface area contributed by atoms with Crippen LogP contribution in [0.4, 0.5) is 5.69 Å². The monoisotopic (exact) mass is 285 g/mol. The fourth-order valence-electron chi connectivity index (χ4n) is 2.22. The van der Waals surface area contributed by atoms with Crippen molar-refractivity contribution in [3.8, 4) is 0 Å². The van der Waals surface area contributed by atoms with Gasteiger partial charge >= 0.3 is 0 Å². The van der Waals surface area contributed by atoms with Crippen LogP contribution < -0.4 is 5.32 Å². The van der Waals surface area contributed by atoms with E-state index in [4.69, 9.17) is 0 Å². The molecule has 1 N–H and O–H groups in total. The van der Waals surface area contributed by atoms with Crippen LogP contribution in [0.15, 0.2) is 42.7 Å². The highest BCUT2D eigenvalue weighted by Gasteiger charge is 2.08. The van der Waals surface area contributed by atoms with Gasteiger partial charge in [0.25, 0.3) is 5.91 Å². The van der Waals surface area contributed by atoms with Gasteiger partial charge in [0.05, 0.1) is 0 Å². The first-order valence-corrected chi connectivity index (χ1v) is 7.30. The van der Waals surface area contributed by atoms with Crippen molar-refractivity contribution in [1.82, 2.24) is 9.47 Å². The number of aromatic nitrogens is 1. The molecule has 0 spiro atoms. The Morgan fingerprint density at radius 3 is 2.81 bits per heavy atom. The Kier molecular flexibility index (Phi) is 5.04. The van der Waals surface area contributed by atoms with Crippen molar-refractivity contribution >= 4 is 11.6 Å². The van der Waals surface area contributed by atoms with Gasteiger partial charge in [0, 0.05) is 50.8 Å². The van der Waals surface area contributed by atoms with Crippen LogP contribution in [-0.2, 0) is 13.1 Å². The summed E-state index contributed by atoms with van der Waals surface area (Å²) >= 11 is 0. The molecule has 112 valence electrons. The smallest absolute Gasteiger partial charge is 0.253 e. The Hall–Kier alpha value is -2.23. The van der Waals surface area contributed by atoms with E-state index in [2.05, 4.69) is 35.3 Å². The molecule has 1 aromatic heterocycles. The number of anilines is 1. The fraction of sp³-hybridized carbons (Fsp3) is 0.353. The molecular formula is C17H23N3O. The van der Waals surface area contributed by atoms with E-state index < -0.39 is 0 Å². The molecule has 0 saturated heterocycles. The largest absolute Gasteiger partial charge is 0.381 e. The second kappa shape index (κ2) is 6.97. The Balaban J connectivity index is 1.99. The first kappa shape index (κ1) is 15.2. The van der Waals surface area contributed by atoms with Gasteiger partial charge in [-0.2, -0.15) is 0 Å². The van der Waals surface area contributed by atoms with Crippen molar-refractivity contribution < 1.29 is 4.79 Å². The summed E-state index contributed by atoms with van der Waals surface area (Å²) in [5.41, 5.74) is 2.91. The number of aryl methyl sites for hydroxylation is 1. The highest BCUT2D eigenvalue weighted by molar-refractivity contribution is 5.94. The maximum atomic E-state index is 11.9. The number of hydrogen-bond donors (Lipinski definition) is 1. The molecule has 0 aliphatic rings. The van der Waals surface area contributed by atoms with Crippen LogP contribution in [0.3, 0.4) is 0 Å². The van der Waals surface area contributed by atoms with Gasteiger partial charge in [0.2, 0.25) is 0 Å². The molecule has 0 atom stereocenters. The molecular weight excluding hydrogens is 262 g/mol. The van der Waals surface area contributed by atoms with Crippen molar-refractivity contribution in [3.05, 3.63) is 53.9 Å². The van der Waals surface area contributed by atoms with Crippen LogP contribution in [0.1, 0.15) is 29.3 Å². The molecule has 1 heterocycles. The van der Waals surface area contributed by atoms with Crippen LogP contribution in [-0.4, -0.2) is 29.5 Å². The van der Waals surface area contributed by atoms with Crippen LogP contribution in [0.2, 0.25) is 0 Å². The van der Waals surface area contributed by atoms with Gasteiger partial charge in [0.15, 0.2) is 0 Å². The van der Waals surface area contributed by atoms with E-state index in [-0.39, 0.29) is 5.91 Å². The number of nitrogens with one attached hydrogen (secondary N) is 1. The highest BCUT2D eigenvalue weighted by atomic mass is 16.2. The molecule has 0 unspecified atom stereocenters. The lowest BCUT2D eigenvalue weighted by atomic mass is 10.2. The predicted octanol–water partition coefficient (Wildman–Crippen LogP) is 3.21. The van der Waals surface area contributed by atoms with Gasteiger partial charge in [-0.15, -0.1) is 0 Å². The summed E-state index contributed by atoms with van der Waals surface area (Å²) in [7, 11) is 3.53. The lowest BCUT2D eigenvalue weighted by molar-refractivity contribution is 0.0827. The average molecular weight is 285 g/mol. The molecule has 0 aliphatic carbocycles. The molecule has 2 aromatic rings. The van der Waals surface area contributed by atoms with Crippen LogP contribution in [0, 0.1) is 0 Å². The number of amides is 1. The van der Waals surface area contributed by atoms with Crippen LogP contribution in [0.5, 0.6) is 0 Å². The minimum absolute atomic E-state index is 0.0211. The SMILES string of the molecule is CCCn1ccc(CNc2cccc(C(=O)N(C)C)c2)c1. The summed E-state index contributed by atoms with van der Waals surface area (Å²) in [5, 5.41) is 3.37. The number of nitrogens with zero attached hydrogens (tertiary/aromatic N) is 2.